The van der Waals surface area contributed by atoms with Crippen LogP contribution in [0.4, 0.5) is 0 Å². The highest BCUT2D eigenvalue weighted by Crippen LogP contribution is 2.24. The van der Waals surface area contributed by atoms with Gasteiger partial charge in [0, 0.05) is 4.90 Å². The van der Waals surface area contributed by atoms with Crippen LogP contribution in [0.5, 0.6) is 0 Å². The van der Waals surface area contributed by atoms with Crippen molar-refractivity contribution in [3.63, 3.8) is 0 Å². The second-order valence-corrected chi connectivity index (χ2v) is 4.04. The monoisotopic (exact) mass is 268 g/mol. The van der Waals surface area contributed by atoms with Crippen LogP contribution in [-0.4, -0.2) is 25.2 Å². The quantitative estimate of drug-likeness (QED) is 0.673. The van der Waals surface area contributed by atoms with Gasteiger partial charge in [-0.05, 0) is 32.4 Å². The molecule has 4 nitrogen and oxygen atoms in total. The van der Waals surface area contributed by atoms with Crippen molar-refractivity contribution in [3.8, 4) is 0 Å². The van der Waals surface area contributed by atoms with E-state index in [2.05, 4.69) is 12.6 Å². The van der Waals surface area contributed by atoms with E-state index in [0.717, 1.165) is 5.56 Å². The van der Waals surface area contributed by atoms with Crippen molar-refractivity contribution in [1.29, 1.82) is 0 Å². The van der Waals surface area contributed by atoms with Crippen LogP contribution in [0, 0.1) is 6.92 Å². The molecule has 18 heavy (non-hydrogen) atoms. The molecule has 1 aromatic rings. The Morgan fingerprint density at radius 2 is 1.67 bits per heavy atom. The van der Waals surface area contributed by atoms with Gasteiger partial charge in [-0.15, -0.1) is 12.6 Å². The van der Waals surface area contributed by atoms with E-state index in [1.165, 1.54) is 0 Å². The number of rotatable bonds is 4. The molecule has 0 radical (unpaired) electrons. The van der Waals surface area contributed by atoms with Crippen LogP contribution in [0.2, 0.25) is 0 Å². The lowest BCUT2D eigenvalue weighted by Crippen LogP contribution is -2.15. The highest BCUT2D eigenvalue weighted by molar-refractivity contribution is 7.80. The van der Waals surface area contributed by atoms with E-state index in [9.17, 15) is 9.59 Å². The summed E-state index contributed by atoms with van der Waals surface area (Å²) in [5.41, 5.74) is 1.15. The van der Waals surface area contributed by atoms with Crippen molar-refractivity contribution in [1.82, 2.24) is 0 Å². The van der Waals surface area contributed by atoms with Crippen LogP contribution in [0.1, 0.15) is 40.1 Å². The van der Waals surface area contributed by atoms with Gasteiger partial charge in [0.15, 0.2) is 0 Å². The summed E-state index contributed by atoms with van der Waals surface area (Å²) in [4.78, 5) is 24.1. The minimum Gasteiger partial charge on any atom is -0.462 e. The first-order valence-corrected chi connectivity index (χ1v) is 6.14. The first-order valence-electron chi connectivity index (χ1n) is 5.69. The second-order valence-electron chi connectivity index (χ2n) is 3.59. The number of benzene rings is 1. The number of ether oxygens (including phenoxy) is 2. The molecule has 98 valence electrons. The zero-order chi connectivity index (χ0) is 13.7. The predicted octanol–water partition coefficient (Wildman–Crippen LogP) is 2.64. The van der Waals surface area contributed by atoms with E-state index in [1.54, 1.807) is 32.9 Å². The Labute approximate surface area is 112 Å². The Kier molecular flexibility index (Phi) is 5.22. The van der Waals surface area contributed by atoms with Crippen molar-refractivity contribution in [2.75, 3.05) is 13.2 Å². The van der Waals surface area contributed by atoms with Crippen LogP contribution in [0.15, 0.2) is 17.0 Å². The number of carbonyl (C=O) groups is 2. The molecule has 0 unspecified atom stereocenters. The summed E-state index contributed by atoms with van der Waals surface area (Å²) in [6.07, 6.45) is 0. The maximum absolute atomic E-state index is 11.9. The normalized spacial score (nSPS) is 10.0. The largest absolute Gasteiger partial charge is 0.462 e. The summed E-state index contributed by atoms with van der Waals surface area (Å²) < 4.78 is 9.85. The summed E-state index contributed by atoms with van der Waals surface area (Å²) >= 11 is 4.27. The molecule has 0 atom stereocenters. The SMILES string of the molecule is CCOC(=O)c1ccc(C)c(S)c1C(=O)OCC. The van der Waals surface area contributed by atoms with Crippen LogP contribution in [-0.2, 0) is 9.47 Å². The molecule has 0 bridgehead atoms. The number of aryl methyl sites for hydroxylation is 1. The van der Waals surface area contributed by atoms with Gasteiger partial charge < -0.3 is 9.47 Å². The minimum atomic E-state index is -0.561. The van der Waals surface area contributed by atoms with Crippen LogP contribution < -0.4 is 0 Å². The van der Waals surface area contributed by atoms with Gasteiger partial charge in [-0.3, -0.25) is 0 Å². The van der Waals surface area contributed by atoms with Crippen molar-refractivity contribution in [2.45, 2.75) is 25.7 Å². The smallest absolute Gasteiger partial charge is 0.340 e. The van der Waals surface area contributed by atoms with Gasteiger partial charge in [0.1, 0.15) is 0 Å². The molecular formula is C13H16O4S. The third-order valence-corrected chi connectivity index (χ3v) is 2.93. The van der Waals surface area contributed by atoms with Gasteiger partial charge in [0.2, 0.25) is 0 Å². The molecule has 1 rings (SSSR count). The van der Waals surface area contributed by atoms with E-state index in [1.807, 2.05) is 0 Å². The highest BCUT2D eigenvalue weighted by atomic mass is 32.1. The molecule has 0 fully saturated rings. The summed E-state index contributed by atoms with van der Waals surface area (Å²) in [7, 11) is 0. The van der Waals surface area contributed by atoms with Gasteiger partial charge in [-0.2, -0.15) is 0 Å². The first kappa shape index (κ1) is 14.6. The average Bonchev–Trinajstić information content (AvgIpc) is 2.32. The van der Waals surface area contributed by atoms with Crippen LogP contribution in [0.3, 0.4) is 0 Å². The summed E-state index contributed by atoms with van der Waals surface area (Å²) in [5.74, 6) is -1.11. The fourth-order valence-corrected chi connectivity index (χ4v) is 1.77. The molecule has 0 spiro atoms. The maximum atomic E-state index is 11.9. The lowest BCUT2D eigenvalue weighted by molar-refractivity contribution is 0.0475. The van der Waals surface area contributed by atoms with Gasteiger partial charge >= 0.3 is 11.9 Å². The Bertz CT molecular complexity index is 468. The summed E-state index contributed by atoms with van der Waals surface area (Å²) in [6, 6.07) is 3.27. The van der Waals surface area contributed by atoms with Gasteiger partial charge in [0.25, 0.3) is 0 Å². The Morgan fingerprint density at radius 1 is 1.11 bits per heavy atom. The Morgan fingerprint density at radius 3 is 2.22 bits per heavy atom. The fraction of sp³-hybridized carbons (Fsp3) is 0.385. The van der Waals surface area contributed by atoms with Crippen molar-refractivity contribution >= 4 is 24.6 Å². The lowest BCUT2D eigenvalue weighted by atomic mass is 10.0. The molecule has 0 saturated carbocycles. The molecular weight excluding hydrogens is 252 g/mol. The van der Waals surface area contributed by atoms with E-state index in [4.69, 9.17) is 9.47 Å². The molecule has 5 heteroatoms. The lowest BCUT2D eigenvalue weighted by Gasteiger charge is -2.12. The molecule has 1 aromatic carbocycles. The molecule has 0 N–H and O–H groups in total. The zero-order valence-corrected chi connectivity index (χ0v) is 11.5. The number of thiol groups is 1. The maximum Gasteiger partial charge on any atom is 0.340 e. The number of carbonyl (C=O) groups excluding carboxylic acids is 2. The van der Waals surface area contributed by atoms with Gasteiger partial charge in [0.05, 0.1) is 24.3 Å². The average molecular weight is 268 g/mol. The van der Waals surface area contributed by atoms with E-state index in [0.29, 0.717) is 4.90 Å². The predicted molar refractivity (Wildman–Crippen MR) is 70.3 cm³/mol. The highest BCUT2D eigenvalue weighted by Gasteiger charge is 2.22. The molecule has 0 aliphatic rings. The van der Waals surface area contributed by atoms with E-state index in [-0.39, 0.29) is 24.3 Å². The third kappa shape index (κ3) is 3.04. The standard InChI is InChI=1S/C13H16O4S/c1-4-16-12(14)9-7-6-8(3)11(18)10(9)13(15)17-5-2/h6-7,18H,4-5H2,1-3H3. The second kappa shape index (κ2) is 6.44. The topological polar surface area (TPSA) is 52.6 Å². The van der Waals surface area contributed by atoms with Crippen molar-refractivity contribution in [2.24, 2.45) is 0 Å². The third-order valence-electron chi connectivity index (χ3n) is 2.35. The zero-order valence-electron chi connectivity index (χ0n) is 10.6. The van der Waals surface area contributed by atoms with E-state index < -0.39 is 11.9 Å². The molecule has 0 saturated heterocycles. The van der Waals surface area contributed by atoms with Gasteiger partial charge in [-0.25, -0.2) is 9.59 Å². The molecule has 0 aliphatic heterocycles. The number of hydrogen-bond donors (Lipinski definition) is 1. The van der Waals surface area contributed by atoms with Crippen molar-refractivity contribution in [3.05, 3.63) is 28.8 Å². The Balaban J connectivity index is 3.29. The molecule has 0 amide bonds. The van der Waals surface area contributed by atoms with Gasteiger partial charge in [-0.1, -0.05) is 6.07 Å². The number of esters is 2. The number of hydrogen-bond acceptors (Lipinski definition) is 5. The fourth-order valence-electron chi connectivity index (χ4n) is 1.48. The van der Waals surface area contributed by atoms with Crippen molar-refractivity contribution < 1.29 is 19.1 Å². The Hall–Kier alpha value is -1.49. The van der Waals surface area contributed by atoms with Crippen LogP contribution >= 0.6 is 12.6 Å². The molecule has 0 aliphatic carbocycles. The van der Waals surface area contributed by atoms with E-state index >= 15 is 0 Å². The van der Waals surface area contributed by atoms with Crippen LogP contribution in [0.25, 0.3) is 0 Å². The molecule has 0 heterocycles. The summed E-state index contributed by atoms with van der Waals surface area (Å²) in [5, 5.41) is 0. The summed E-state index contributed by atoms with van der Waals surface area (Å²) in [6.45, 7) is 5.70. The minimum absolute atomic E-state index is 0.165. The first-order chi connectivity index (χ1) is 8.52. The molecule has 0 aromatic heterocycles.